The maximum absolute atomic E-state index is 6.15. The standard InChI is InChI=1S/C11H14BrN/c1-7-2-5-9(12)6-10(7)11(13)8-3-4-8/h2,5-6,8,11H,3-4,13H2,1H3/t11-/m1/s1. The summed E-state index contributed by atoms with van der Waals surface area (Å²) < 4.78 is 1.13. The summed E-state index contributed by atoms with van der Waals surface area (Å²) in [4.78, 5) is 0. The molecule has 1 fully saturated rings. The SMILES string of the molecule is Cc1ccc(Br)cc1[C@H](N)C1CC1. The van der Waals surface area contributed by atoms with Crippen LogP contribution in [-0.2, 0) is 0 Å². The largest absolute Gasteiger partial charge is 0.324 e. The third kappa shape index (κ3) is 1.94. The molecule has 2 rings (SSSR count). The molecule has 0 bridgehead atoms. The zero-order chi connectivity index (χ0) is 9.42. The Balaban J connectivity index is 2.31. The number of rotatable bonds is 2. The lowest BCUT2D eigenvalue weighted by Gasteiger charge is -2.13. The van der Waals surface area contributed by atoms with Crippen LogP contribution in [0.15, 0.2) is 22.7 Å². The van der Waals surface area contributed by atoms with E-state index in [1.165, 1.54) is 24.0 Å². The van der Waals surface area contributed by atoms with E-state index < -0.39 is 0 Å². The van der Waals surface area contributed by atoms with Crippen molar-refractivity contribution in [2.75, 3.05) is 0 Å². The zero-order valence-corrected chi connectivity index (χ0v) is 9.34. The molecule has 0 unspecified atom stereocenters. The predicted molar refractivity (Wildman–Crippen MR) is 58.5 cm³/mol. The Labute approximate surface area is 87.5 Å². The fourth-order valence-corrected chi connectivity index (χ4v) is 2.06. The number of nitrogens with two attached hydrogens (primary N) is 1. The van der Waals surface area contributed by atoms with Gasteiger partial charge in [-0.3, -0.25) is 0 Å². The van der Waals surface area contributed by atoms with Gasteiger partial charge in [-0.15, -0.1) is 0 Å². The molecule has 70 valence electrons. The van der Waals surface area contributed by atoms with Crippen molar-refractivity contribution in [3.05, 3.63) is 33.8 Å². The van der Waals surface area contributed by atoms with Crippen LogP contribution < -0.4 is 5.73 Å². The van der Waals surface area contributed by atoms with Crippen molar-refractivity contribution in [1.82, 2.24) is 0 Å². The highest BCUT2D eigenvalue weighted by molar-refractivity contribution is 9.10. The Bertz CT molecular complexity index is 318. The van der Waals surface area contributed by atoms with Gasteiger partial charge in [0.05, 0.1) is 0 Å². The topological polar surface area (TPSA) is 26.0 Å². The summed E-state index contributed by atoms with van der Waals surface area (Å²) in [7, 11) is 0. The van der Waals surface area contributed by atoms with Crippen LogP contribution >= 0.6 is 15.9 Å². The molecule has 1 aromatic rings. The van der Waals surface area contributed by atoms with E-state index in [0.29, 0.717) is 0 Å². The minimum Gasteiger partial charge on any atom is -0.324 e. The van der Waals surface area contributed by atoms with Gasteiger partial charge in [-0.05, 0) is 48.9 Å². The first-order valence-electron chi connectivity index (χ1n) is 4.70. The highest BCUT2D eigenvalue weighted by atomic mass is 79.9. The number of benzene rings is 1. The van der Waals surface area contributed by atoms with E-state index in [9.17, 15) is 0 Å². The summed E-state index contributed by atoms with van der Waals surface area (Å²) >= 11 is 3.48. The summed E-state index contributed by atoms with van der Waals surface area (Å²) in [5.74, 6) is 0.730. The molecule has 0 aromatic heterocycles. The van der Waals surface area contributed by atoms with Crippen LogP contribution in [0.2, 0.25) is 0 Å². The monoisotopic (exact) mass is 239 g/mol. The Morgan fingerprint density at radius 2 is 2.15 bits per heavy atom. The molecule has 0 spiro atoms. The van der Waals surface area contributed by atoms with E-state index in [4.69, 9.17) is 5.73 Å². The molecule has 1 aliphatic rings. The maximum Gasteiger partial charge on any atom is 0.0326 e. The molecule has 0 heterocycles. The van der Waals surface area contributed by atoms with Gasteiger partial charge in [0.15, 0.2) is 0 Å². The number of halogens is 1. The van der Waals surface area contributed by atoms with Crippen molar-refractivity contribution in [3.8, 4) is 0 Å². The molecule has 0 radical (unpaired) electrons. The minimum absolute atomic E-state index is 0.248. The van der Waals surface area contributed by atoms with Crippen molar-refractivity contribution >= 4 is 15.9 Å². The van der Waals surface area contributed by atoms with Gasteiger partial charge in [0.25, 0.3) is 0 Å². The second-order valence-electron chi connectivity index (χ2n) is 3.86. The summed E-state index contributed by atoms with van der Waals surface area (Å²) in [6, 6.07) is 6.59. The smallest absolute Gasteiger partial charge is 0.0326 e. The maximum atomic E-state index is 6.15. The van der Waals surface area contributed by atoms with Crippen LogP contribution in [-0.4, -0.2) is 0 Å². The van der Waals surface area contributed by atoms with Crippen LogP contribution in [0.3, 0.4) is 0 Å². The highest BCUT2D eigenvalue weighted by Crippen LogP contribution is 2.40. The average molecular weight is 240 g/mol. The summed E-state index contributed by atoms with van der Waals surface area (Å²) in [6.45, 7) is 2.13. The summed E-state index contributed by atoms with van der Waals surface area (Å²) in [6.07, 6.45) is 2.60. The van der Waals surface area contributed by atoms with Crippen LogP contribution in [0.25, 0.3) is 0 Å². The van der Waals surface area contributed by atoms with Crippen molar-refractivity contribution < 1.29 is 0 Å². The van der Waals surface area contributed by atoms with E-state index >= 15 is 0 Å². The number of hydrogen-bond donors (Lipinski definition) is 1. The van der Waals surface area contributed by atoms with Gasteiger partial charge in [-0.25, -0.2) is 0 Å². The van der Waals surface area contributed by atoms with Crippen LogP contribution in [0.4, 0.5) is 0 Å². The Kier molecular flexibility index (Phi) is 2.43. The molecule has 2 heteroatoms. The Morgan fingerprint density at radius 3 is 2.77 bits per heavy atom. The fraction of sp³-hybridized carbons (Fsp3) is 0.455. The third-order valence-electron chi connectivity index (χ3n) is 2.73. The molecule has 2 N–H and O–H groups in total. The second-order valence-corrected chi connectivity index (χ2v) is 4.78. The van der Waals surface area contributed by atoms with Gasteiger partial charge >= 0.3 is 0 Å². The average Bonchev–Trinajstić information content (AvgIpc) is 2.91. The van der Waals surface area contributed by atoms with E-state index in [-0.39, 0.29) is 6.04 Å². The van der Waals surface area contributed by atoms with E-state index in [0.717, 1.165) is 10.4 Å². The predicted octanol–water partition coefficient (Wildman–Crippen LogP) is 3.17. The van der Waals surface area contributed by atoms with Crippen molar-refractivity contribution in [3.63, 3.8) is 0 Å². The summed E-state index contributed by atoms with van der Waals surface area (Å²) in [5, 5.41) is 0. The Morgan fingerprint density at radius 1 is 1.46 bits per heavy atom. The molecule has 0 saturated heterocycles. The molecule has 1 saturated carbocycles. The van der Waals surface area contributed by atoms with Gasteiger partial charge in [-0.2, -0.15) is 0 Å². The molecule has 1 nitrogen and oxygen atoms in total. The van der Waals surface area contributed by atoms with E-state index in [1.807, 2.05) is 0 Å². The normalized spacial score (nSPS) is 18.7. The molecular weight excluding hydrogens is 226 g/mol. The van der Waals surface area contributed by atoms with Crippen molar-refractivity contribution in [1.29, 1.82) is 0 Å². The van der Waals surface area contributed by atoms with E-state index in [1.54, 1.807) is 0 Å². The first kappa shape index (κ1) is 9.22. The molecule has 1 atom stereocenters. The first-order valence-corrected chi connectivity index (χ1v) is 5.49. The molecular formula is C11H14BrN. The zero-order valence-electron chi connectivity index (χ0n) is 7.76. The quantitative estimate of drug-likeness (QED) is 0.844. The lowest BCUT2D eigenvalue weighted by Crippen LogP contribution is -2.13. The van der Waals surface area contributed by atoms with Crippen LogP contribution in [0.1, 0.15) is 30.0 Å². The molecule has 0 aliphatic heterocycles. The lowest BCUT2D eigenvalue weighted by molar-refractivity contribution is 0.629. The Hall–Kier alpha value is -0.340. The van der Waals surface area contributed by atoms with Gasteiger partial charge < -0.3 is 5.73 Å². The lowest BCUT2D eigenvalue weighted by atomic mass is 9.99. The number of aryl methyl sites for hydroxylation is 1. The van der Waals surface area contributed by atoms with Gasteiger partial charge in [0.2, 0.25) is 0 Å². The van der Waals surface area contributed by atoms with Gasteiger partial charge in [0.1, 0.15) is 0 Å². The van der Waals surface area contributed by atoms with Gasteiger partial charge in [0, 0.05) is 10.5 Å². The molecule has 1 aromatic carbocycles. The molecule has 1 aliphatic carbocycles. The van der Waals surface area contributed by atoms with Crippen LogP contribution in [0, 0.1) is 12.8 Å². The van der Waals surface area contributed by atoms with Crippen molar-refractivity contribution in [2.24, 2.45) is 11.7 Å². The highest BCUT2D eigenvalue weighted by Gasteiger charge is 2.30. The van der Waals surface area contributed by atoms with Crippen molar-refractivity contribution in [2.45, 2.75) is 25.8 Å². The second kappa shape index (κ2) is 3.43. The number of hydrogen-bond acceptors (Lipinski definition) is 1. The first-order chi connectivity index (χ1) is 6.18. The molecule has 0 amide bonds. The van der Waals surface area contributed by atoms with Crippen LogP contribution in [0.5, 0.6) is 0 Å². The summed E-state index contributed by atoms with van der Waals surface area (Å²) in [5.41, 5.74) is 8.76. The fourth-order valence-electron chi connectivity index (χ4n) is 1.68. The third-order valence-corrected chi connectivity index (χ3v) is 3.22. The molecule has 13 heavy (non-hydrogen) atoms. The van der Waals surface area contributed by atoms with E-state index in [2.05, 4.69) is 41.1 Å². The van der Waals surface area contributed by atoms with Gasteiger partial charge in [-0.1, -0.05) is 22.0 Å². The minimum atomic E-state index is 0.248.